The van der Waals surface area contributed by atoms with E-state index in [0.29, 0.717) is 0 Å². The lowest BCUT2D eigenvalue weighted by Gasteiger charge is -2.21. The topological polar surface area (TPSA) is 69.8 Å². The standard InChI is InChI=1S/C15H18N4O/c20-15(11-4-7-16-8-5-11)18-13-3-1-2-12(10-13)14-6-9-17-19-14/h1-3,6,9-11,16H,4-5,7-8H2,(H,17,19)(H,18,20). The van der Waals surface area contributed by atoms with Crippen LogP contribution in [0.1, 0.15) is 12.8 Å². The number of aromatic amines is 1. The van der Waals surface area contributed by atoms with Crippen LogP contribution in [-0.2, 0) is 4.79 Å². The molecule has 5 heteroatoms. The van der Waals surface area contributed by atoms with E-state index in [-0.39, 0.29) is 11.8 Å². The number of carbonyl (C=O) groups excluding carboxylic acids is 1. The van der Waals surface area contributed by atoms with Gasteiger partial charge in [0.25, 0.3) is 0 Å². The summed E-state index contributed by atoms with van der Waals surface area (Å²) in [6.45, 7) is 1.85. The van der Waals surface area contributed by atoms with Crippen LogP contribution in [-0.4, -0.2) is 29.2 Å². The van der Waals surface area contributed by atoms with E-state index >= 15 is 0 Å². The highest BCUT2D eigenvalue weighted by Crippen LogP contribution is 2.21. The van der Waals surface area contributed by atoms with Gasteiger partial charge in [-0.2, -0.15) is 5.10 Å². The van der Waals surface area contributed by atoms with Gasteiger partial charge in [0.2, 0.25) is 5.91 Å². The van der Waals surface area contributed by atoms with E-state index in [9.17, 15) is 4.79 Å². The number of hydrogen-bond acceptors (Lipinski definition) is 3. The first-order valence-corrected chi connectivity index (χ1v) is 6.94. The van der Waals surface area contributed by atoms with Gasteiger partial charge in [0.15, 0.2) is 0 Å². The monoisotopic (exact) mass is 270 g/mol. The van der Waals surface area contributed by atoms with E-state index in [0.717, 1.165) is 42.9 Å². The summed E-state index contributed by atoms with van der Waals surface area (Å²) < 4.78 is 0. The largest absolute Gasteiger partial charge is 0.326 e. The summed E-state index contributed by atoms with van der Waals surface area (Å²) >= 11 is 0. The lowest BCUT2D eigenvalue weighted by atomic mass is 9.97. The third-order valence-electron chi connectivity index (χ3n) is 3.65. The van der Waals surface area contributed by atoms with Crippen LogP contribution < -0.4 is 10.6 Å². The molecule has 1 amide bonds. The molecule has 1 saturated heterocycles. The van der Waals surface area contributed by atoms with Crippen LogP contribution in [0.3, 0.4) is 0 Å². The number of rotatable bonds is 3. The van der Waals surface area contributed by atoms with Crippen molar-refractivity contribution in [2.75, 3.05) is 18.4 Å². The Morgan fingerprint density at radius 1 is 1.25 bits per heavy atom. The molecule has 1 fully saturated rings. The summed E-state index contributed by atoms with van der Waals surface area (Å²) in [5, 5.41) is 13.2. The van der Waals surface area contributed by atoms with Crippen LogP contribution in [0.5, 0.6) is 0 Å². The van der Waals surface area contributed by atoms with Crippen LogP contribution in [0.15, 0.2) is 36.5 Å². The van der Waals surface area contributed by atoms with Gasteiger partial charge in [-0.15, -0.1) is 0 Å². The second kappa shape index (κ2) is 5.88. The lowest BCUT2D eigenvalue weighted by Crippen LogP contribution is -2.34. The average Bonchev–Trinajstić information content (AvgIpc) is 3.03. The number of nitrogens with one attached hydrogen (secondary N) is 3. The summed E-state index contributed by atoms with van der Waals surface area (Å²) in [6, 6.07) is 9.72. The van der Waals surface area contributed by atoms with Crippen LogP contribution >= 0.6 is 0 Å². The molecule has 1 aromatic carbocycles. The van der Waals surface area contributed by atoms with Crippen molar-refractivity contribution < 1.29 is 4.79 Å². The Balaban J connectivity index is 1.71. The van der Waals surface area contributed by atoms with Crippen molar-refractivity contribution in [3.8, 4) is 11.3 Å². The van der Waals surface area contributed by atoms with E-state index in [1.54, 1.807) is 6.20 Å². The zero-order chi connectivity index (χ0) is 13.8. The highest BCUT2D eigenvalue weighted by atomic mass is 16.1. The van der Waals surface area contributed by atoms with Gasteiger partial charge in [-0.1, -0.05) is 12.1 Å². The number of amides is 1. The molecule has 1 aromatic heterocycles. The van der Waals surface area contributed by atoms with Crippen molar-refractivity contribution in [1.29, 1.82) is 0 Å². The minimum Gasteiger partial charge on any atom is -0.326 e. The number of aromatic nitrogens is 2. The van der Waals surface area contributed by atoms with E-state index in [4.69, 9.17) is 0 Å². The second-order valence-corrected chi connectivity index (χ2v) is 5.06. The minimum atomic E-state index is 0.118. The molecule has 0 aliphatic carbocycles. The molecule has 0 spiro atoms. The number of H-pyrrole nitrogens is 1. The van der Waals surface area contributed by atoms with E-state index in [2.05, 4.69) is 20.8 Å². The molecule has 5 nitrogen and oxygen atoms in total. The SMILES string of the molecule is O=C(Nc1cccc(-c2ccn[nH]2)c1)C1CCNCC1. The molecule has 20 heavy (non-hydrogen) atoms. The second-order valence-electron chi connectivity index (χ2n) is 5.06. The lowest BCUT2D eigenvalue weighted by molar-refractivity contribution is -0.120. The fourth-order valence-corrected chi connectivity index (χ4v) is 2.51. The Labute approximate surface area is 117 Å². The van der Waals surface area contributed by atoms with Gasteiger partial charge in [0, 0.05) is 23.4 Å². The minimum absolute atomic E-state index is 0.118. The maximum Gasteiger partial charge on any atom is 0.227 e. The summed E-state index contributed by atoms with van der Waals surface area (Å²) in [6.07, 6.45) is 3.54. The Morgan fingerprint density at radius 2 is 2.10 bits per heavy atom. The maximum atomic E-state index is 12.2. The molecule has 0 saturated carbocycles. The molecule has 3 rings (SSSR count). The number of piperidine rings is 1. The molecular formula is C15H18N4O. The highest BCUT2D eigenvalue weighted by molar-refractivity contribution is 5.93. The fourth-order valence-electron chi connectivity index (χ4n) is 2.51. The fraction of sp³-hybridized carbons (Fsp3) is 0.333. The predicted molar refractivity (Wildman–Crippen MR) is 78.2 cm³/mol. The van der Waals surface area contributed by atoms with Gasteiger partial charge in [0.1, 0.15) is 0 Å². The van der Waals surface area contributed by atoms with Crippen LogP contribution in [0.25, 0.3) is 11.3 Å². The molecule has 0 unspecified atom stereocenters. The Morgan fingerprint density at radius 3 is 2.85 bits per heavy atom. The van der Waals surface area contributed by atoms with Gasteiger partial charge in [-0.3, -0.25) is 9.89 Å². The Hall–Kier alpha value is -2.14. The van der Waals surface area contributed by atoms with Crippen molar-refractivity contribution in [3.63, 3.8) is 0 Å². The molecule has 3 N–H and O–H groups in total. The molecule has 104 valence electrons. The van der Waals surface area contributed by atoms with Crippen molar-refractivity contribution in [3.05, 3.63) is 36.5 Å². The number of anilines is 1. The molecule has 0 bridgehead atoms. The number of nitrogens with zero attached hydrogens (tertiary/aromatic N) is 1. The van der Waals surface area contributed by atoms with Crippen molar-refractivity contribution >= 4 is 11.6 Å². The third kappa shape index (κ3) is 2.88. The summed E-state index contributed by atoms with van der Waals surface area (Å²) in [5.74, 6) is 0.236. The van der Waals surface area contributed by atoms with E-state index in [1.807, 2.05) is 30.3 Å². The predicted octanol–water partition coefficient (Wildman–Crippen LogP) is 2.01. The van der Waals surface area contributed by atoms with E-state index in [1.165, 1.54) is 0 Å². The zero-order valence-electron chi connectivity index (χ0n) is 11.2. The molecule has 1 aliphatic rings. The van der Waals surface area contributed by atoms with Crippen molar-refractivity contribution in [2.45, 2.75) is 12.8 Å². The van der Waals surface area contributed by atoms with Gasteiger partial charge < -0.3 is 10.6 Å². The quantitative estimate of drug-likeness (QED) is 0.799. The van der Waals surface area contributed by atoms with Crippen molar-refractivity contribution in [2.24, 2.45) is 5.92 Å². The highest BCUT2D eigenvalue weighted by Gasteiger charge is 2.20. The normalized spacial score (nSPS) is 16.0. The molecule has 2 aromatic rings. The number of hydrogen-bond donors (Lipinski definition) is 3. The van der Waals surface area contributed by atoms with Crippen LogP contribution in [0.4, 0.5) is 5.69 Å². The maximum absolute atomic E-state index is 12.2. The van der Waals surface area contributed by atoms with Gasteiger partial charge in [0.05, 0.1) is 5.69 Å². The average molecular weight is 270 g/mol. The van der Waals surface area contributed by atoms with Crippen molar-refractivity contribution in [1.82, 2.24) is 15.5 Å². The van der Waals surface area contributed by atoms with Crippen LogP contribution in [0, 0.1) is 5.92 Å². The third-order valence-corrected chi connectivity index (χ3v) is 3.65. The number of benzene rings is 1. The first kappa shape index (κ1) is 12.9. The molecule has 0 atom stereocenters. The molecule has 1 aliphatic heterocycles. The molecular weight excluding hydrogens is 252 g/mol. The molecule has 2 heterocycles. The van der Waals surface area contributed by atoms with E-state index < -0.39 is 0 Å². The van der Waals surface area contributed by atoms with Gasteiger partial charge in [-0.25, -0.2) is 0 Å². The Kier molecular flexibility index (Phi) is 3.78. The first-order valence-electron chi connectivity index (χ1n) is 6.94. The van der Waals surface area contributed by atoms with Gasteiger partial charge in [-0.05, 0) is 44.1 Å². The van der Waals surface area contributed by atoms with Crippen LogP contribution in [0.2, 0.25) is 0 Å². The smallest absolute Gasteiger partial charge is 0.227 e. The van der Waals surface area contributed by atoms with Gasteiger partial charge >= 0.3 is 0 Å². The summed E-state index contributed by atoms with van der Waals surface area (Å²) in [4.78, 5) is 12.2. The summed E-state index contributed by atoms with van der Waals surface area (Å²) in [5.41, 5.74) is 2.80. The Bertz CT molecular complexity index is 573. The zero-order valence-corrected chi connectivity index (χ0v) is 11.2. The number of carbonyl (C=O) groups is 1. The molecule has 0 radical (unpaired) electrons. The summed E-state index contributed by atoms with van der Waals surface area (Å²) in [7, 11) is 0. The first-order chi connectivity index (χ1) is 9.83.